The summed E-state index contributed by atoms with van der Waals surface area (Å²) in [5, 5.41) is 9.17. The average molecular weight is 190 g/mol. The van der Waals surface area contributed by atoms with Crippen LogP contribution in [0.3, 0.4) is 0 Å². The number of carboxylic acid groups (broad SMARTS) is 1. The zero-order valence-corrected chi connectivity index (χ0v) is 8.50. The van der Waals surface area contributed by atoms with Gasteiger partial charge in [-0.3, -0.25) is 4.79 Å². The SMILES string of the molecule is Cc1ccc(C)c(C2(C(=O)O)CC2)c1. The fraction of sp³-hybridized carbons (Fsp3) is 0.417. The van der Waals surface area contributed by atoms with Gasteiger partial charge < -0.3 is 5.11 Å². The summed E-state index contributed by atoms with van der Waals surface area (Å²) in [6.07, 6.45) is 1.57. The lowest BCUT2D eigenvalue weighted by Gasteiger charge is -2.13. The van der Waals surface area contributed by atoms with Gasteiger partial charge in [0.1, 0.15) is 0 Å². The Morgan fingerprint density at radius 1 is 1.36 bits per heavy atom. The topological polar surface area (TPSA) is 37.3 Å². The van der Waals surface area contributed by atoms with E-state index in [1.165, 1.54) is 0 Å². The van der Waals surface area contributed by atoms with Crippen molar-refractivity contribution in [2.24, 2.45) is 0 Å². The first-order valence-corrected chi connectivity index (χ1v) is 4.87. The molecule has 1 saturated carbocycles. The summed E-state index contributed by atoms with van der Waals surface area (Å²) in [5.41, 5.74) is 2.68. The molecule has 0 amide bonds. The minimum Gasteiger partial charge on any atom is -0.481 e. The van der Waals surface area contributed by atoms with Crippen molar-refractivity contribution in [3.05, 3.63) is 34.9 Å². The van der Waals surface area contributed by atoms with Gasteiger partial charge in [0.2, 0.25) is 0 Å². The largest absolute Gasteiger partial charge is 0.481 e. The maximum absolute atomic E-state index is 11.1. The van der Waals surface area contributed by atoms with Crippen LogP contribution in [-0.2, 0) is 10.2 Å². The summed E-state index contributed by atoms with van der Waals surface area (Å²) < 4.78 is 0. The van der Waals surface area contributed by atoms with E-state index in [0.29, 0.717) is 0 Å². The van der Waals surface area contributed by atoms with Crippen LogP contribution < -0.4 is 0 Å². The highest BCUT2D eigenvalue weighted by atomic mass is 16.4. The zero-order valence-electron chi connectivity index (χ0n) is 8.50. The van der Waals surface area contributed by atoms with Gasteiger partial charge >= 0.3 is 5.97 Å². The van der Waals surface area contributed by atoms with Crippen LogP contribution in [0.2, 0.25) is 0 Å². The van der Waals surface area contributed by atoms with Gasteiger partial charge in [0.05, 0.1) is 5.41 Å². The van der Waals surface area contributed by atoms with Crippen molar-refractivity contribution in [2.45, 2.75) is 32.1 Å². The van der Waals surface area contributed by atoms with E-state index >= 15 is 0 Å². The Morgan fingerprint density at radius 2 is 2.00 bits per heavy atom. The van der Waals surface area contributed by atoms with Gasteiger partial charge in [-0.2, -0.15) is 0 Å². The summed E-state index contributed by atoms with van der Waals surface area (Å²) in [7, 11) is 0. The molecule has 74 valence electrons. The fourth-order valence-corrected chi connectivity index (χ4v) is 1.97. The van der Waals surface area contributed by atoms with Crippen molar-refractivity contribution >= 4 is 5.97 Å². The third-order valence-corrected chi connectivity index (χ3v) is 3.07. The summed E-state index contributed by atoms with van der Waals surface area (Å²) in [6.45, 7) is 3.98. The van der Waals surface area contributed by atoms with E-state index < -0.39 is 11.4 Å². The van der Waals surface area contributed by atoms with Crippen LogP contribution in [0, 0.1) is 13.8 Å². The van der Waals surface area contributed by atoms with Crippen LogP contribution in [-0.4, -0.2) is 11.1 Å². The van der Waals surface area contributed by atoms with Crippen molar-refractivity contribution < 1.29 is 9.90 Å². The number of aryl methyl sites for hydroxylation is 2. The highest BCUT2D eigenvalue weighted by Gasteiger charge is 2.52. The number of benzene rings is 1. The Hall–Kier alpha value is -1.31. The molecule has 1 aliphatic carbocycles. The van der Waals surface area contributed by atoms with Crippen LogP contribution in [0.25, 0.3) is 0 Å². The van der Waals surface area contributed by atoms with Crippen LogP contribution in [0.4, 0.5) is 0 Å². The quantitative estimate of drug-likeness (QED) is 0.777. The maximum Gasteiger partial charge on any atom is 0.314 e. The molecule has 2 rings (SSSR count). The molecule has 1 fully saturated rings. The van der Waals surface area contributed by atoms with Gasteiger partial charge in [0, 0.05) is 0 Å². The Balaban J connectivity index is 2.51. The molecule has 2 nitrogen and oxygen atoms in total. The minimum absolute atomic E-state index is 0.559. The van der Waals surface area contributed by atoms with Gasteiger partial charge in [-0.05, 0) is 37.8 Å². The van der Waals surface area contributed by atoms with Gasteiger partial charge in [0.15, 0.2) is 0 Å². The van der Waals surface area contributed by atoms with Crippen molar-refractivity contribution in [1.29, 1.82) is 0 Å². The van der Waals surface area contributed by atoms with E-state index in [9.17, 15) is 9.90 Å². The molecule has 0 unspecified atom stereocenters. The lowest BCUT2D eigenvalue weighted by molar-refractivity contribution is -0.140. The maximum atomic E-state index is 11.1. The summed E-state index contributed by atoms with van der Waals surface area (Å²) >= 11 is 0. The van der Waals surface area contributed by atoms with Crippen molar-refractivity contribution in [3.8, 4) is 0 Å². The molecule has 0 aliphatic heterocycles. The van der Waals surface area contributed by atoms with Gasteiger partial charge in [-0.1, -0.05) is 23.8 Å². The molecule has 1 aromatic rings. The number of carboxylic acids is 1. The molecule has 0 saturated heterocycles. The molecular formula is C12H14O2. The van der Waals surface area contributed by atoms with Crippen molar-refractivity contribution in [3.63, 3.8) is 0 Å². The second-order valence-electron chi connectivity index (χ2n) is 4.21. The number of hydrogen-bond acceptors (Lipinski definition) is 1. The average Bonchev–Trinajstić information content (AvgIpc) is 2.90. The first-order chi connectivity index (χ1) is 6.56. The molecule has 1 aromatic carbocycles. The fourth-order valence-electron chi connectivity index (χ4n) is 1.97. The summed E-state index contributed by atoms with van der Waals surface area (Å²) in [6, 6.07) is 6.04. The first kappa shape index (κ1) is 9.25. The highest BCUT2D eigenvalue weighted by molar-refractivity contribution is 5.85. The first-order valence-electron chi connectivity index (χ1n) is 4.87. The van der Waals surface area contributed by atoms with Gasteiger partial charge in [0.25, 0.3) is 0 Å². The number of aliphatic carboxylic acids is 1. The van der Waals surface area contributed by atoms with E-state index in [1.54, 1.807) is 0 Å². The Morgan fingerprint density at radius 3 is 2.50 bits per heavy atom. The summed E-state index contributed by atoms with van der Waals surface area (Å²) in [4.78, 5) is 11.1. The Labute approximate surface area is 83.6 Å². The number of rotatable bonds is 2. The van der Waals surface area contributed by atoms with Crippen LogP contribution in [0.1, 0.15) is 29.5 Å². The molecule has 1 N–H and O–H groups in total. The van der Waals surface area contributed by atoms with Crippen LogP contribution in [0.15, 0.2) is 18.2 Å². The monoisotopic (exact) mass is 190 g/mol. The lowest BCUT2D eigenvalue weighted by atomic mass is 9.91. The smallest absolute Gasteiger partial charge is 0.314 e. The number of hydrogen-bond donors (Lipinski definition) is 1. The van der Waals surface area contributed by atoms with Crippen molar-refractivity contribution in [2.75, 3.05) is 0 Å². The molecular weight excluding hydrogens is 176 g/mol. The molecule has 0 heterocycles. The summed E-state index contributed by atoms with van der Waals surface area (Å²) in [5.74, 6) is -0.675. The predicted octanol–water partition coefficient (Wildman–Crippen LogP) is 2.42. The van der Waals surface area contributed by atoms with E-state index in [2.05, 4.69) is 0 Å². The zero-order chi connectivity index (χ0) is 10.3. The van der Waals surface area contributed by atoms with Crippen molar-refractivity contribution in [1.82, 2.24) is 0 Å². The third kappa shape index (κ3) is 1.22. The van der Waals surface area contributed by atoms with E-state index in [0.717, 1.165) is 29.5 Å². The van der Waals surface area contributed by atoms with Crippen LogP contribution >= 0.6 is 0 Å². The van der Waals surface area contributed by atoms with E-state index in [4.69, 9.17) is 0 Å². The molecule has 0 aromatic heterocycles. The highest BCUT2D eigenvalue weighted by Crippen LogP contribution is 2.49. The second-order valence-corrected chi connectivity index (χ2v) is 4.21. The molecule has 2 heteroatoms. The normalized spacial score (nSPS) is 17.9. The van der Waals surface area contributed by atoms with E-state index in [-0.39, 0.29) is 0 Å². The van der Waals surface area contributed by atoms with Gasteiger partial charge in [-0.25, -0.2) is 0 Å². The van der Waals surface area contributed by atoms with Crippen LogP contribution in [0.5, 0.6) is 0 Å². The third-order valence-electron chi connectivity index (χ3n) is 3.07. The Bertz CT molecular complexity index is 389. The molecule has 1 aliphatic rings. The Kier molecular flexibility index (Phi) is 1.88. The van der Waals surface area contributed by atoms with E-state index in [1.807, 2.05) is 32.0 Å². The molecule has 0 spiro atoms. The predicted molar refractivity (Wildman–Crippen MR) is 54.5 cm³/mol. The second kappa shape index (κ2) is 2.84. The van der Waals surface area contributed by atoms with Gasteiger partial charge in [-0.15, -0.1) is 0 Å². The minimum atomic E-state index is -0.675. The molecule has 0 atom stereocenters. The molecule has 14 heavy (non-hydrogen) atoms. The number of carbonyl (C=O) groups is 1. The molecule has 0 radical (unpaired) electrons. The molecule has 0 bridgehead atoms. The standard InChI is InChI=1S/C12H14O2/c1-8-3-4-9(2)10(7-8)12(5-6-12)11(13)14/h3-4,7H,5-6H2,1-2H3,(H,13,14). The lowest BCUT2D eigenvalue weighted by Crippen LogP contribution is -2.20.